The van der Waals surface area contributed by atoms with Crippen LogP contribution in [-0.2, 0) is 9.53 Å². The lowest BCUT2D eigenvalue weighted by Gasteiger charge is -2.21. The van der Waals surface area contributed by atoms with E-state index in [2.05, 4.69) is 5.32 Å². The van der Waals surface area contributed by atoms with E-state index in [-0.39, 0.29) is 5.91 Å². The number of amides is 1. The van der Waals surface area contributed by atoms with Crippen molar-refractivity contribution in [2.75, 3.05) is 30.6 Å². The van der Waals surface area contributed by atoms with Crippen LogP contribution in [0.3, 0.4) is 0 Å². The summed E-state index contributed by atoms with van der Waals surface area (Å²) in [5.74, 6) is 2.53. The molecule has 1 atom stereocenters. The molecular formula is C17H23NO3S3. The highest BCUT2D eigenvalue weighted by Crippen LogP contribution is 2.43. The van der Waals surface area contributed by atoms with Gasteiger partial charge in [0.05, 0.1) is 11.7 Å². The Morgan fingerprint density at radius 1 is 1.29 bits per heavy atom. The minimum absolute atomic E-state index is 0.234. The maximum Gasteiger partial charge on any atom is 0.328 e. The van der Waals surface area contributed by atoms with Gasteiger partial charge >= 0.3 is 5.97 Å². The van der Waals surface area contributed by atoms with E-state index in [1.807, 2.05) is 54.0 Å². The molecule has 4 nitrogen and oxygen atoms in total. The zero-order chi connectivity index (χ0) is 17.4. The Bertz CT molecular complexity index is 545. The monoisotopic (exact) mass is 385 g/mol. The predicted octanol–water partition coefficient (Wildman–Crippen LogP) is 3.58. The van der Waals surface area contributed by atoms with Gasteiger partial charge in [-0.3, -0.25) is 4.79 Å². The van der Waals surface area contributed by atoms with Crippen LogP contribution >= 0.6 is 35.3 Å². The number of rotatable bonds is 7. The number of esters is 1. The van der Waals surface area contributed by atoms with E-state index in [0.717, 1.165) is 5.75 Å². The molecule has 0 bridgehead atoms. The van der Waals surface area contributed by atoms with Crippen LogP contribution in [0.2, 0.25) is 0 Å². The van der Waals surface area contributed by atoms with Crippen molar-refractivity contribution in [3.8, 4) is 0 Å². The van der Waals surface area contributed by atoms with Gasteiger partial charge in [0.25, 0.3) is 5.91 Å². The Morgan fingerprint density at radius 2 is 1.96 bits per heavy atom. The van der Waals surface area contributed by atoms with Crippen LogP contribution in [0.25, 0.3) is 0 Å². The van der Waals surface area contributed by atoms with Gasteiger partial charge in [-0.15, -0.1) is 23.5 Å². The number of hydrogen-bond acceptors (Lipinski definition) is 6. The Kier molecular flexibility index (Phi) is 8.35. The Hall–Kier alpha value is -0.790. The van der Waals surface area contributed by atoms with Crippen LogP contribution < -0.4 is 5.32 Å². The zero-order valence-corrected chi connectivity index (χ0v) is 16.4. The second kappa shape index (κ2) is 10.3. The Labute approximate surface area is 156 Å². The number of hydrogen-bond donors (Lipinski definition) is 1. The molecule has 0 aromatic heterocycles. The van der Waals surface area contributed by atoms with Gasteiger partial charge in [-0.25, -0.2) is 4.79 Å². The molecule has 0 spiro atoms. The SMILES string of the molecule is COC(=O)[C@H](CCSC)NC(=O)c1ccc(C2SCCCS2)cc1. The first kappa shape index (κ1) is 19.5. The molecule has 1 aliphatic heterocycles. The highest BCUT2D eigenvalue weighted by atomic mass is 32.2. The fourth-order valence-electron chi connectivity index (χ4n) is 2.34. The van der Waals surface area contributed by atoms with Gasteiger partial charge in [-0.2, -0.15) is 11.8 Å². The molecule has 1 aliphatic rings. The summed E-state index contributed by atoms with van der Waals surface area (Å²) >= 11 is 5.55. The number of benzene rings is 1. The van der Waals surface area contributed by atoms with Crippen LogP contribution in [0.1, 0.15) is 33.3 Å². The Balaban J connectivity index is 1.98. The number of methoxy groups -OCH3 is 1. The highest BCUT2D eigenvalue weighted by molar-refractivity contribution is 8.16. The van der Waals surface area contributed by atoms with Crippen LogP contribution in [0, 0.1) is 0 Å². The van der Waals surface area contributed by atoms with Crippen molar-refractivity contribution < 1.29 is 14.3 Å². The van der Waals surface area contributed by atoms with Gasteiger partial charge in [-0.1, -0.05) is 12.1 Å². The predicted molar refractivity (Wildman–Crippen MR) is 105 cm³/mol. The molecule has 1 aromatic rings. The summed E-state index contributed by atoms with van der Waals surface area (Å²) in [6.45, 7) is 0. The summed E-state index contributed by atoms with van der Waals surface area (Å²) in [5.41, 5.74) is 1.82. The van der Waals surface area contributed by atoms with Crippen molar-refractivity contribution in [3.63, 3.8) is 0 Å². The normalized spacial score (nSPS) is 16.4. The van der Waals surface area contributed by atoms with Crippen molar-refractivity contribution in [1.82, 2.24) is 5.32 Å². The molecule has 1 aromatic carbocycles. The van der Waals surface area contributed by atoms with Gasteiger partial charge < -0.3 is 10.1 Å². The van der Waals surface area contributed by atoms with Crippen LogP contribution in [0.15, 0.2) is 24.3 Å². The maximum absolute atomic E-state index is 12.4. The number of carbonyl (C=O) groups is 2. The first-order valence-electron chi connectivity index (χ1n) is 7.86. The molecule has 24 heavy (non-hydrogen) atoms. The Morgan fingerprint density at radius 3 is 2.54 bits per heavy atom. The molecule has 132 valence electrons. The van der Waals surface area contributed by atoms with E-state index >= 15 is 0 Å². The molecule has 1 heterocycles. The summed E-state index contributed by atoms with van der Waals surface area (Å²) in [6.07, 6.45) is 3.79. The number of carbonyl (C=O) groups excluding carboxylic acids is 2. The van der Waals surface area contributed by atoms with Crippen molar-refractivity contribution in [2.45, 2.75) is 23.5 Å². The molecule has 1 N–H and O–H groups in total. The van der Waals surface area contributed by atoms with Gasteiger partial charge in [0.2, 0.25) is 0 Å². The molecule has 0 radical (unpaired) electrons. The minimum atomic E-state index is -0.598. The van der Waals surface area contributed by atoms with Gasteiger partial charge in [0.1, 0.15) is 6.04 Å². The van der Waals surface area contributed by atoms with Crippen LogP contribution in [0.4, 0.5) is 0 Å². The highest BCUT2D eigenvalue weighted by Gasteiger charge is 2.22. The van der Waals surface area contributed by atoms with Crippen molar-refractivity contribution >= 4 is 47.2 Å². The number of ether oxygens (including phenoxy) is 1. The molecule has 0 aliphatic carbocycles. The largest absolute Gasteiger partial charge is 0.467 e. The second-order valence-electron chi connectivity index (χ2n) is 5.38. The van der Waals surface area contributed by atoms with Gasteiger partial charge in [0, 0.05) is 5.56 Å². The summed E-state index contributed by atoms with van der Waals surface area (Å²) in [5, 5.41) is 2.78. The third kappa shape index (κ3) is 5.63. The second-order valence-corrected chi connectivity index (χ2v) is 9.09. The lowest BCUT2D eigenvalue weighted by atomic mass is 10.1. The van der Waals surface area contributed by atoms with E-state index in [1.54, 1.807) is 11.8 Å². The third-order valence-corrected chi connectivity index (χ3v) is 7.33. The summed E-state index contributed by atoms with van der Waals surface area (Å²) in [6, 6.07) is 7.10. The van der Waals surface area contributed by atoms with E-state index in [1.165, 1.54) is 30.6 Å². The van der Waals surface area contributed by atoms with E-state index < -0.39 is 12.0 Å². The third-order valence-electron chi connectivity index (χ3n) is 3.67. The van der Waals surface area contributed by atoms with Crippen molar-refractivity contribution in [2.24, 2.45) is 0 Å². The summed E-state index contributed by atoms with van der Waals surface area (Å²) in [7, 11) is 1.34. The first-order chi connectivity index (χ1) is 11.7. The number of nitrogens with one attached hydrogen (secondary N) is 1. The topological polar surface area (TPSA) is 55.4 Å². The van der Waals surface area contributed by atoms with Crippen molar-refractivity contribution in [3.05, 3.63) is 35.4 Å². The summed E-state index contributed by atoms with van der Waals surface area (Å²) in [4.78, 5) is 24.2. The lowest BCUT2D eigenvalue weighted by molar-refractivity contribution is -0.142. The molecule has 1 fully saturated rings. The average molecular weight is 386 g/mol. The average Bonchev–Trinajstić information content (AvgIpc) is 2.65. The molecule has 2 rings (SSSR count). The van der Waals surface area contributed by atoms with Crippen LogP contribution in [0.5, 0.6) is 0 Å². The van der Waals surface area contributed by atoms with E-state index in [0.29, 0.717) is 16.6 Å². The first-order valence-corrected chi connectivity index (χ1v) is 11.4. The molecule has 0 unspecified atom stereocenters. The van der Waals surface area contributed by atoms with Gasteiger partial charge in [0.15, 0.2) is 0 Å². The molecular weight excluding hydrogens is 362 g/mol. The van der Waals surface area contributed by atoms with Gasteiger partial charge in [-0.05, 0) is 54.1 Å². The quantitative estimate of drug-likeness (QED) is 0.724. The molecule has 0 saturated carbocycles. The standard InChI is InChI=1S/C17H23NO3S3/c1-21-16(20)14(8-11-22-2)18-15(19)12-4-6-13(7-5-12)17-23-9-3-10-24-17/h4-7,14,17H,3,8-11H2,1-2H3,(H,18,19)/t14-/m0/s1. The molecule has 1 saturated heterocycles. The van der Waals surface area contributed by atoms with Crippen molar-refractivity contribution in [1.29, 1.82) is 0 Å². The van der Waals surface area contributed by atoms with E-state index in [4.69, 9.17) is 4.74 Å². The fourth-order valence-corrected chi connectivity index (χ4v) is 5.71. The maximum atomic E-state index is 12.4. The molecule has 7 heteroatoms. The number of thioether (sulfide) groups is 3. The zero-order valence-electron chi connectivity index (χ0n) is 13.9. The minimum Gasteiger partial charge on any atom is -0.467 e. The molecule has 1 amide bonds. The van der Waals surface area contributed by atoms with E-state index in [9.17, 15) is 9.59 Å². The van der Waals surface area contributed by atoms with Crippen LogP contribution in [-0.4, -0.2) is 48.5 Å². The fraction of sp³-hybridized carbons (Fsp3) is 0.529. The summed E-state index contributed by atoms with van der Waals surface area (Å²) < 4.78 is 5.23. The lowest BCUT2D eigenvalue weighted by Crippen LogP contribution is -2.41. The smallest absolute Gasteiger partial charge is 0.328 e.